The number of benzene rings is 2. The summed E-state index contributed by atoms with van der Waals surface area (Å²) in [5, 5.41) is 13.6. The lowest BCUT2D eigenvalue weighted by atomic mass is 10.1. The summed E-state index contributed by atoms with van der Waals surface area (Å²) in [4.78, 5) is 4.59. The minimum Gasteiger partial charge on any atom is -0.454 e. The lowest BCUT2D eigenvalue weighted by Crippen LogP contribution is -2.29. The zero-order valence-electron chi connectivity index (χ0n) is 15.0. The van der Waals surface area contributed by atoms with Crippen molar-refractivity contribution in [3.05, 3.63) is 53.1 Å². The van der Waals surface area contributed by atoms with E-state index in [9.17, 15) is 13.7 Å². The molecule has 2 aromatic carbocycles. The van der Waals surface area contributed by atoms with Gasteiger partial charge in [0.15, 0.2) is 11.5 Å². The van der Waals surface area contributed by atoms with Crippen molar-refractivity contribution in [1.82, 2.24) is 9.71 Å². The molecular formula is C19H15ClN4O4S. The topological polar surface area (TPSA) is 113 Å². The van der Waals surface area contributed by atoms with Crippen LogP contribution in [0.5, 0.6) is 11.5 Å². The van der Waals surface area contributed by atoms with E-state index in [0.29, 0.717) is 33.4 Å². The van der Waals surface area contributed by atoms with E-state index in [4.69, 9.17) is 21.1 Å². The predicted octanol–water partition coefficient (Wildman–Crippen LogP) is 2.88. The zero-order chi connectivity index (χ0) is 20.4. The summed E-state index contributed by atoms with van der Waals surface area (Å²) >= 11 is 5.78. The van der Waals surface area contributed by atoms with E-state index in [2.05, 4.69) is 21.1 Å². The van der Waals surface area contributed by atoms with Gasteiger partial charge in [0, 0.05) is 29.6 Å². The summed E-state index contributed by atoms with van der Waals surface area (Å²) in [5.41, 5.74) is 0.981. The largest absolute Gasteiger partial charge is 0.454 e. The van der Waals surface area contributed by atoms with Crippen LogP contribution in [0.3, 0.4) is 0 Å². The maximum atomic E-state index is 12.3. The van der Waals surface area contributed by atoms with Crippen LogP contribution in [0, 0.1) is 11.3 Å². The molecule has 0 fully saturated rings. The van der Waals surface area contributed by atoms with Crippen LogP contribution >= 0.6 is 11.6 Å². The molecule has 1 aromatic heterocycles. The molecule has 148 valence electrons. The fraction of sp³-hybridized carbons (Fsp3) is 0.158. The Morgan fingerprint density at radius 1 is 1.10 bits per heavy atom. The summed E-state index contributed by atoms with van der Waals surface area (Å²) in [6, 6.07) is 13.2. The highest BCUT2D eigenvalue weighted by atomic mass is 35.5. The summed E-state index contributed by atoms with van der Waals surface area (Å²) in [7, 11) is -3.65. The number of sulfonamides is 1. The van der Waals surface area contributed by atoms with Crippen molar-refractivity contribution in [3.63, 3.8) is 0 Å². The maximum absolute atomic E-state index is 12.3. The van der Waals surface area contributed by atoms with Gasteiger partial charge in [-0.15, -0.1) is 0 Å². The van der Waals surface area contributed by atoms with E-state index < -0.39 is 10.0 Å². The lowest BCUT2D eigenvalue weighted by Gasteiger charge is -2.11. The smallest absolute Gasteiger partial charge is 0.240 e. The second kappa shape index (κ2) is 7.75. The van der Waals surface area contributed by atoms with Crippen molar-refractivity contribution in [2.75, 3.05) is 25.2 Å². The average Bonchev–Trinajstić information content (AvgIpc) is 3.16. The molecule has 0 saturated heterocycles. The molecule has 0 radical (unpaired) electrons. The van der Waals surface area contributed by atoms with Gasteiger partial charge in [0.05, 0.1) is 16.0 Å². The molecule has 0 atom stereocenters. The summed E-state index contributed by atoms with van der Waals surface area (Å²) in [5.74, 6) is 1.57. The maximum Gasteiger partial charge on any atom is 0.240 e. The Balaban J connectivity index is 1.46. The SMILES string of the molecule is N#Cc1cc2cc3c(cc2nc1NCCNS(=O)(=O)c1ccc(Cl)cc1)OCO3. The van der Waals surface area contributed by atoms with Gasteiger partial charge in [-0.05, 0) is 36.4 Å². The average molecular weight is 431 g/mol. The van der Waals surface area contributed by atoms with Crippen molar-refractivity contribution < 1.29 is 17.9 Å². The molecule has 0 saturated carbocycles. The highest BCUT2D eigenvalue weighted by Crippen LogP contribution is 2.36. The van der Waals surface area contributed by atoms with Gasteiger partial charge in [0.25, 0.3) is 0 Å². The zero-order valence-corrected chi connectivity index (χ0v) is 16.5. The van der Waals surface area contributed by atoms with Gasteiger partial charge in [-0.25, -0.2) is 18.1 Å². The molecule has 0 spiro atoms. The number of nitriles is 1. The Kier molecular flexibility index (Phi) is 5.15. The normalized spacial score (nSPS) is 12.7. The number of nitrogens with zero attached hydrogens (tertiary/aromatic N) is 2. The third-order valence-corrected chi connectivity index (χ3v) is 5.99. The highest BCUT2D eigenvalue weighted by molar-refractivity contribution is 7.89. The number of hydrogen-bond donors (Lipinski definition) is 2. The first-order chi connectivity index (χ1) is 14.0. The number of halogens is 1. The molecular weight excluding hydrogens is 416 g/mol. The number of hydrogen-bond acceptors (Lipinski definition) is 7. The molecule has 0 amide bonds. The Labute approximate surface area is 172 Å². The van der Waals surface area contributed by atoms with Crippen LogP contribution in [0.25, 0.3) is 10.9 Å². The number of ether oxygens (including phenoxy) is 2. The Morgan fingerprint density at radius 3 is 2.55 bits per heavy atom. The van der Waals surface area contributed by atoms with Crippen LogP contribution in [0.1, 0.15) is 5.56 Å². The van der Waals surface area contributed by atoms with Gasteiger partial charge in [0.2, 0.25) is 16.8 Å². The second-order valence-electron chi connectivity index (χ2n) is 6.17. The Bertz CT molecular complexity index is 1220. The van der Waals surface area contributed by atoms with Crippen molar-refractivity contribution >= 4 is 38.3 Å². The van der Waals surface area contributed by atoms with Crippen LogP contribution < -0.4 is 19.5 Å². The van der Waals surface area contributed by atoms with Crippen molar-refractivity contribution in [3.8, 4) is 17.6 Å². The van der Waals surface area contributed by atoms with Crippen LogP contribution in [0.2, 0.25) is 5.02 Å². The summed E-state index contributed by atoms with van der Waals surface area (Å²) in [6.45, 7) is 0.497. The van der Waals surface area contributed by atoms with E-state index in [1.165, 1.54) is 24.3 Å². The molecule has 0 bridgehead atoms. The highest BCUT2D eigenvalue weighted by Gasteiger charge is 2.17. The van der Waals surface area contributed by atoms with Crippen LogP contribution in [-0.4, -0.2) is 33.3 Å². The van der Waals surface area contributed by atoms with Gasteiger partial charge in [0.1, 0.15) is 11.9 Å². The first-order valence-corrected chi connectivity index (χ1v) is 10.5. The molecule has 29 heavy (non-hydrogen) atoms. The molecule has 3 aromatic rings. The second-order valence-corrected chi connectivity index (χ2v) is 8.38. The monoisotopic (exact) mass is 430 g/mol. The number of nitrogens with one attached hydrogen (secondary N) is 2. The fourth-order valence-corrected chi connectivity index (χ4v) is 4.01. The Hall–Kier alpha value is -3.06. The van der Waals surface area contributed by atoms with Crippen LogP contribution in [0.4, 0.5) is 5.82 Å². The fourth-order valence-electron chi connectivity index (χ4n) is 2.85. The van der Waals surface area contributed by atoms with Crippen LogP contribution in [0.15, 0.2) is 47.4 Å². The van der Waals surface area contributed by atoms with Crippen molar-refractivity contribution in [1.29, 1.82) is 5.26 Å². The quantitative estimate of drug-likeness (QED) is 0.578. The number of rotatable bonds is 6. The van der Waals surface area contributed by atoms with Gasteiger partial charge in [-0.1, -0.05) is 11.6 Å². The Morgan fingerprint density at radius 2 is 1.83 bits per heavy atom. The minimum absolute atomic E-state index is 0.108. The van der Waals surface area contributed by atoms with Gasteiger partial charge >= 0.3 is 0 Å². The molecule has 8 nitrogen and oxygen atoms in total. The molecule has 2 N–H and O–H groups in total. The molecule has 10 heteroatoms. The van der Waals surface area contributed by atoms with Crippen molar-refractivity contribution in [2.45, 2.75) is 4.90 Å². The van der Waals surface area contributed by atoms with Gasteiger partial charge < -0.3 is 14.8 Å². The van der Waals surface area contributed by atoms with Crippen molar-refractivity contribution in [2.24, 2.45) is 0 Å². The standard InChI is InChI=1S/C19H15ClN4O4S/c20-14-1-3-15(4-2-14)29(25,26)23-6-5-22-19-13(10-21)7-12-8-17-18(28-11-27-17)9-16(12)24-19/h1-4,7-9,23H,5-6,11H2,(H,22,24). The molecule has 0 aliphatic carbocycles. The number of anilines is 1. The first kappa shape index (κ1) is 19.3. The van der Waals surface area contributed by atoms with E-state index >= 15 is 0 Å². The molecule has 2 heterocycles. The minimum atomic E-state index is -3.65. The lowest BCUT2D eigenvalue weighted by molar-refractivity contribution is 0.174. The van der Waals surface area contributed by atoms with E-state index in [0.717, 1.165) is 5.39 Å². The molecule has 0 unspecified atom stereocenters. The number of fused-ring (bicyclic) bond motifs is 2. The van der Waals surface area contributed by atoms with Gasteiger partial charge in [-0.3, -0.25) is 0 Å². The number of aromatic nitrogens is 1. The van der Waals surface area contributed by atoms with Gasteiger partial charge in [-0.2, -0.15) is 5.26 Å². The van der Waals surface area contributed by atoms with Crippen LogP contribution in [-0.2, 0) is 10.0 Å². The predicted molar refractivity (Wildman–Crippen MR) is 108 cm³/mol. The summed E-state index contributed by atoms with van der Waals surface area (Å²) in [6.07, 6.45) is 0. The summed E-state index contributed by atoms with van der Waals surface area (Å²) < 4.78 is 37.8. The van der Waals surface area contributed by atoms with E-state index in [1.54, 1.807) is 18.2 Å². The third kappa shape index (κ3) is 4.05. The molecule has 1 aliphatic heterocycles. The third-order valence-electron chi connectivity index (χ3n) is 4.26. The molecule has 1 aliphatic rings. The molecule has 4 rings (SSSR count). The van der Waals surface area contributed by atoms with E-state index in [-0.39, 0.29) is 24.8 Å². The number of pyridine rings is 1. The first-order valence-electron chi connectivity index (χ1n) is 8.60. The van der Waals surface area contributed by atoms with E-state index in [1.807, 2.05) is 0 Å².